The molecule has 24 heavy (non-hydrogen) atoms. The number of carbonyl (C=O) groups excluding carboxylic acids is 3. The number of ether oxygens (including phenoxy) is 1. The minimum absolute atomic E-state index is 0.0267. The Bertz CT molecular complexity index is 848. The molecule has 2 aromatic rings. The Balaban J connectivity index is 1.77. The molecule has 1 aliphatic rings. The molecular weight excluding hydrogens is 332 g/mol. The van der Waals surface area contributed by atoms with E-state index in [9.17, 15) is 14.4 Å². The average molecular weight is 346 g/mol. The lowest BCUT2D eigenvalue weighted by Crippen LogP contribution is -2.27. The fraction of sp³-hybridized carbons (Fsp3) is 0.188. The zero-order valence-corrected chi connectivity index (χ0v) is 13.8. The Kier molecular flexibility index (Phi) is 4.30. The fourth-order valence-corrected chi connectivity index (χ4v) is 3.05. The van der Waals surface area contributed by atoms with E-state index < -0.39 is 5.97 Å². The monoisotopic (exact) mass is 346 g/mol. The minimum atomic E-state index is -0.612. The highest BCUT2D eigenvalue weighted by atomic mass is 32.2. The van der Waals surface area contributed by atoms with E-state index in [1.807, 2.05) is 29.9 Å². The maximum Gasteiger partial charge on any atom is 0.373 e. The van der Waals surface area contributed by atoms with Crippen LogP contribution in [0.4, 0.5) is 4.79 Å². The quantitative estimate of drug-likeness (QED) is 0.625. The summed E-state index contributed by atoms with van der Waals surface area (Å²) in [4.78, 5) is 37.3. The predicted octanol–water partition coefficient (Wildman–Crippen LogP) is 2.64. The second-order valence-electron chi connectivity index (χ2n) is 5.07. The van der Waals surface area contributed by atoms with Crippen LogP contribution in [0.3, 0.4) is 0 Å². The lowest BCUT2D eigenvalue weighted by molar-refractivity contribution is -0.123. The number of hydrogen-bond acceptors (Lipinski definition) is 6. The van der Waals surface area contributed by atoms with Gasteiger partial charge in [0.25, 0.3) is 11.1 Å². The van der Waals surface area contributed by atoms with Crippen LogP contribution in [0.15, 0.2) is 39.8 Å². The first-order valence-corrected chi connectivity index (χ1v) is 7.85. The molecule has 7 nitrogen and oxygen atoms in total. The zero-order chi connectivity index (χ0) is 17.3. The second-order valence-corrected chi connectivity index (χ2v) is 6.06. The fourth-order valence-electron chi connectivity index (χ4n) is 2.22. The van der Waals surface area contributed by atoms with Gasteiger partial charge in [-0.2, -0.15) is 0 Å². The van der Waals surface area contributed by atoms with Gasteiger partial charge in [-0.3, -0.25) is 14.5 Å². The van der Waals surface area contributed by atoms with Crippen LogP contribution in [0.5, 0.6) is 0 Å². The average Bonchev–Trinajstić information content (AvgIpc) is 3.25. The molecule has 0 aromatic carbocycles. The Morgan fingerprint density at radius 3 is 2.79 bits per heavy atom. The van der Waals surface area contributed by atoms with Gasteiger partial charge in [-0.05, 0) is 42.1 Å². The first-order chi connectivity index (χ1) is 11.5. The normalized spacial score (nSPS) is 16.2. The highest BCUT2D eigenvalue weighted by Crippen LogP contribution is 2.33. The van der Waals surface area contributed by atoms with Crippen LogP contribution in [0, 0.1) is 0 Å². The van der Waals surface area contributed by atoms with Gasteiger partial charge in [0, 0.05) is 18.9 Å². The van der Waals surface area contributed by atoms with Crippen molar-refractivity contribution < 1.29 is 23.5 Å². The standard InChI is InChI=1S/C16H14N2O5S/c1-17-7-3-4-10(17)8-13-14(19)18(16(21)24-13)9-11-5-6-12(23-11)15(20)22-2/h3-8H,9H2,1-2H3. The third kappa shape index (κ3) is 3.00. The summed E-state index contributed by atoms with van der Waals surface area (Å²) in [7, 11) is 3.10. The van der Waals surface area contributed by atoms with Crippen LogP contribution >= 0.6 is 11.8 Å². The highest BCUT2D eigenvalue weighted by Gasteiger charge is 2.35. The molecule has 0 radical (unpaired) electrons. The van der Waals surface area contributed by atoms with Gasteiger partial charge in [0.1, 0.15) is 5.76 Å². The first kappa shape index (κ1) is 16.1. The molecule has 124 valence electrons. The van der Waals surface area contributed by atoms with Gasteiger partial charge in [-0.1, -0.05) is 0 Å². The summed E-state index contributed by atoms with van der Waals surface area (Å²) in [5.41, 5.74) is 0.825. The van der Waals surface area contributed by atoms with Crippen LogP contribution in [0.25, 0.3) is 6.08 Å². The van der Waals surface area contributed by atoms with Crippen molar-refractivity contribution in [1.29, 1.82) is 0 Å². The van der Waals surface area contributed by atoms with Crippen LogP contribution in [0.2, 0.25) is 0 Å². The number of amides is 2. The Morgan fingerprint density at radius 1 is 1.33 bits per heavy atom. The van der Waals surface area contributed by atoms with Gasteiger partial charge in [-0.25, -0.2) is 4.79 Å². The molecule has 2 aromatic heterocycles. The van der Waals surface area contributed by atoms with Gasteiger partial charge in [0.15, 0.2) is 0 Å². The summed E-state index contributed by atoms with van der Waals surface area (Å²) in [6.45, 7) is -0.0356. The molecule has 0 bridgehead atoms. The van der Waals surface area contributed by atoms with Crippen molar-refractivity contribution in [2.45, 2.75) is 6.54 Å². The molecule has 0 N–H and O–H groups in total. The zero-order valence-electron chi connectivity index (χ0n) is 13.0. The van der Waals surface area contributed by atoms with Crippen molar-refractivity contribution in [2.24, 2.45) is 7.05 Å². The molecule has 0 saturated carbocycles. The molecule has 3 heterocycles. The van der Waals surface area contributed by atoms with E-state index in [-0.39, 0.29) is 23.5 Å². The van der Waals surface area contributed by atoms with Crippen LogP contribution in [-0.2, 0) is 23.1 Å². The third-order valence-electron chi connectivity index (χ3n) is 3.50. The van der Waals surface area contributed by atoms with E-state index in [2.05, 4.69) is 4.74 Å². The molecule has 1 saturated heterocycles. The lowest BCUT2D eigenvalue weighted by atomic mass is 10.3. The third-order valence-corrected chi connectivity index (χ3v) is 4.41. The van der Waals surface area contributed by atoms with E-state index in [1.54, 1.807) is 6.08 Å². The van der Waals surface area contributed by atoms with E-state index >= 15 is 0 Å². The number of esters is 1. The number of nitrogens with zero attached hydrogens (tertiary/aromatic N) is 2. The summed E-state index contributed by atoms with van der Waals surface area (Å²) in [6.07, 6.45) is 3.53. The highest BCUT2D eigenvalue weighted by molar-refractivity contribution is 8.18. The second kappa shape index (κ2) is 6.40. The van der Waals surface area contributed by atoms with E-state index in [0.29, 0.717) is 10.7 Å². The molecule has 2 amide bonds. The lowest BCUT2D eigenvalue weighted by Gasteiger charge is -2.09. The molecule has 0 atom stereocenters. The van der Waals surface area contributed by atoms with Crippen LogP contribution in [-0.4, -0.2) is 33.7 Å². The number of aryl methyl sites for hydroxylation is 1. The van der Waals surface area contributed by atoms with Gasteiger partial charge >= 0.3 is 5.97 Å². The molecule has 1 aliphatic heterocycles. The van der Waals surface area contributed by atoms with Crippen molar-refractivity contribution >= 4 is 35.0 Å². The first-order valence-electron chi connectivity index (χ1n) is 7.03. The number of methoxy groups -OCH3 is 1. The molecule has 0 aliphatic carbocycles. The van der Waals surface area contributed by atoms with E-state index in [0.717, 1.165) is 22.4 Å². The van der Waals surface area contributed by atoms with Gasteiger partial charge < -0.3 is 13.7 Å². The molecule has 0 unspecified atom stereocenters. The molecule has 8 heteroatoms. The Labute approximate surface area is 141 Å². The number of thioether (sulfide) groups is 1. The number of rotatable bonds is 4. The van der Waals surface area contributed by atoms with Crippen molar-refractivity contribution in [1.82, 2.24) is 9.47 Å². The summed E-state index contributed by atoms with van der Waals surface area (Å²) in [5.74, 6) is -0.641. The number of furan rings is 1. The summed E-state index contributed by atoms with van der Waals surface area (Å²) in [6, 6.07) is 6.69. The van der Waals surface area contributed by atoms with Crippen molar-refractivity contribution in [3.8, 4) is 0 Å². The van der Waals surface area contributed by atoms with Gasteiger partial charge in [-0.15, -0.1) is 0 Å². The SMILES string of the molecule is COC(=O)c1ccc(CN2C(=O)SC(=Cc3cccn3C)C2=O)o1. The Morgan fingerprint density at radius 2 is 2.12 bits per heavy atom. The minimum Gasteiger partial charge on any atom is -0.463 e. The number of aromatic nitrogens is 1. The largest absolute Gasteiger partial charge is 0.463 e. The van der Waals surface area contributed by atoms with Crippen molar-refractivity contribution in [3.63, 3.8) is 0 Å². The summed E-state index contributed by atoms with van der Waals surface area (Å²) >= 11 is 0.878. The maximum absolute atomic E-state index is 12.4. The number of carbonyl (C=O) groups is 3. The molecule has 1 fully saturated rings. The topological polar surface area (TPSA) is 81.8 Å². The van der Waals surface area contributed by atoms with Gasteiger partial charge in [0.05, 0.1) is 18.6 Å². The number of hydrogen-bond donors (Lipinski definition) is 0. The van der Waals surface area contributed by atoms with Crippen molar-refractivity contribution in [2.75, 3.05) is 7.11 Å². The van der Waals surface area contributed by atoms with Crippen molar-refractivity contribution in [3.05, 3.63) is 52.6 Å². The van der Waals surface area contributed by atoms with Gasteiger partial charge in [0.2, 0.25) is 5.76 Å². The molecular formula is C16H14N2O5S. The van der Waals surface area contributed by atoms with E-state index in [1.165, 1.54) is 19.2 Å². The maximum atomic E-state index is 12.4. The van der Waals surface area contributed by atoms with E-state index in [4.69, 9.17) is 4.42 Å². The molecule has 3 rings (SSSR count). The Hall–Kier alpha value is -2.74. The summed E-state index contributed by atoms with van der Waals surface area (Å²) in [5, 5.41) is -0.378. The molecule has 0 spiro atoms. The smallest absolute Gasteiger partial charge is 0.373 e. The number of imide groups is 1. The predicted molar refractivity (Wildman–Crippen MR) is 87.0 cm³/mol. The van der Waals surface area contributed by atoms with Crippen LogP contribution in [0.1, 0.15) is 22.0 Å². The van der Waals surface area contributed by atoms with Crippen LogP contribution < -0.4 is 0 Å². The summed E-state index contributed by atoms with van der Waals surface area (Å²) < 4.78 is 11.7.